The molecule has 0 bridgehead atoms. The van der Waals surface area contributed by atoms with Gasteiger partial charge >= 0.3 is 0 Å². The fourth-order valence-corrected chi connectivity index (χ4v) is 4.72. The van der Waals surface area contributed by atoms with Crippen molar-refractivity contribution in [2.45, 2.75) is 63.2 Å². The van der Waals surface area contributed by atoms with E-state index in [0.717, 1.165) is 6.42 Å². The summed E-state index contributed by atoms with van der Waals surface area (Å²) in [4.78, 5) is 43.3. The van der Waals surface area contributed by atoms with E-state index in [1.165, 1.54) is 11.6 Å². The molecule has 1 saturated heterocycles. The summed E-state index contributed by atoms with van der Waals surface area (Å²) < 4.78 is 27.6. The van der Waals surface area contributed by atoms with E-state index in [0.29, 0.717) is 17.3 Å². The Morgan fingerprint density at radius 2 is 2.03 bits per heavy atom. The highest BCUT2D eigenvalue weighted by Crippen LogP contribution is 2.48. The number of carbonyl (C=O) groups excluding carboxylic acids is 3. The van der Waals surface area contributed by atoms with Gasteiger partial charge in [0, 0.05) is 43.4 Å². The topological polar surface area (TPSA) is 97.2 Å². The van der Waals surface area contributed by atoms with Crippen LogP contribution in [-0.2, 0) is 16.1 Å². The summed E-state index contributed by atoms with van der Waals surface area (Å²) >= 11 is 0. The molecule has 1 aliphatic heterocycles. The minimum Gasteiger partial charge on any atom is -0.351 e. The molecule has 10 heteroatoms. The molecule has 2 aromatic heterocycles. The highest BCUT2D eigenvalue weighted by Gasteiger charge is 2.56. The molecular formula is C20H21F2N5O3. The molecule has 2 aliphatic carbocycles. The number of alkyl halides is 2. The number of Topliss-reactive ketones (excluding diaryl/α,β-unsaturated/α-hetero) is 1. The predicted octanol–water partition coefficient (Wildman–Crippen LogP) is 1.54. The molecule has 3 aliphatic rings. The largest absolute Gasteiger partial charge is 0.351 e. The Hall–Kier alpha value is -2.91. The van der Waals surface area contributed by atoms with Crippen LogP contribution in [0.3, 0.4) is 0 Å². The van der Waals surface area contributed by atoms with E-state index in [1.807, 2.05) is 0 Å². The van der Waals surface area contributed by atoms with E-state index < -0.39 is 18.0 Å². The minimum absolute atomic E-state index is 0.00307. The van der Waals surface area contributed by atoms with E-state index in [-0.39, 0.29) is 54.6 Å². The molecular weight excluding hydrogens is 396 g/mol. The van der Waals surface area contributed by atoms with Gasteiger partial charge in [0.1, 0.15) is 18.3 Å². The Morgan fingerprint density at radius 1 is 1.27 bits per heavy atom. The molecule has 8 nitrogen and oxygen atoms in total. The second-order valence-corrected chi connectivity index (χ2v) is 8.54. The van der Waals surface area contributed by atoms with Gasteiger partial charge in [-0.1, -0.05) is 0 Å². The molecule has 0 aromatic carbocycles. The second-order valence-electron chi connectivity index (χ2n) is 8.54. The van der Waals surface area contributed by atoms with Gasteiger partial charge in [-0.05, 0) is 24.8 Å². The van der Waals surface area contributed by atoms with E-state index in [1.54, 1.807) is 23.4 Å². The number of rotatable bonds is 5. The number of piperidine rings is 1. The lowest BCUT2D eigenvalue weighted by atomic mass is 9.88. The van der Waals surface area contributed by atoms with Crippen LogP contribution in [0.15, 0.2) is 18.5 Å². The molecule has 3 heterocycles. The first-order chi connectivity index (χ1) is 14.2. The Kier molecular flexibility index (Phi) is 4.16. The number of nitrogens with zero attached hydrogens (tertiary/aromatic N) is 4. The molecule has 1 N–H and O–H groups in total. The lowest BCUT2D eigenvalue weighted by molar-refractivity contribution is -0.143. The highest BCUT2D eigenvalue weighted by atomic mass is 19.3. The standard InChI is InChI=1S/C20H21F2N5O3/c1-10(28)18-13-2-3-23-8-16(13)26(25-18)9-17(29)27-14-4-11(14)5-15(27)19(30)24-12-6-20(21,22)7-12/h2-3,8,11-12,14-15H,4-7,9H2,1H3,(H,24,30)/t11-,14-,15+/m1/s1. The van der Waals surface area contributed by atoms with Crippen LogP contribution in [0.5, 0.6) is 0 Å². The number of fused-ring (bicyclic) bond motifs is 2. The average molecular weight is 417 g/mol. The molecule has 5 rings (SSSR count). The van der Waals surface area contributed by atoms with Crippen LogP contribution < -0.4 is 5.32 Å². The zero-order chi connectivity index (χ0) is 21.2. The lowest BCUT2D eigenvalue weighted by Gasteiger charge is -2.37. The summed E-state index contributed by atoms with van der Waals surface area (Å²) in [6, 6.07) is 0.490. The number of hydrogen-bond donors (Lipinski definition) is 1. The molecule has 3 fully saturated rings. The first-order valence-electron chi connectivity index (χ1n) is 10.0. The monoisotopic (exact) mass is 417 g/mol. The summed E-state index contributed by atoms with van der Waals surface area (Å²) in [7, 11) is 0. The minimum atomic E-state index is -2.71. The zero-order valence-corrected chi connectivity index (χ0v) is 16.3. The molecule has 0 radical (unpaired) electrons. The number of aromatic nitrogens is 3. The fourth-order valence-electron chi connectivity index (χ4n) is 4.72. The molecule has 2 amide bonds. The quantitative estimate of drug-likeness (QED) is 0.745. The van der Waals surface area contributed by atoms with Crippen molar-refractivity contribution in [1.29, 1.82) is 0 Å². The van der Waals surface area contributed by atoms with Crippen molar-refractivity contribution in [3.63, 3.8) is 0 Å². The molecule has 2 saturated carbocycles. The van der Waals surface area contributed by atoms with Crippen molar-refractivity contribution >= 4 is 28.5 Å². The SMILES string of the molecule is CC(=O)c1nn(CC(=O)N2[C@@H]3C[C@@H]3C[C@H]2C(=O)NC2CC(F)(F)C2)c2cnccc12. The molecule has 3 atom stereocenters. The van der Waals surface area contributed by atoms with E-state index in [4.69, 9.17) is 0 Å². The third-order valence-corrected chi connectivity index (χ3v) is 6.30. The van der Waals surface area contributed by atoms with Crippen molar-refractivity contribution in [2.24, 2.45) is 5.92 Å². The van der Waals surface area contributed by atoms with Crippen molar-refractivity contribution in [3.05, 3.63) is 24.2 Å². The van der Waals surface area contributed by atoms with Gasteiger partial charge in [0.05, 0.1) is 11.7 Å². The highest BCUT2D eigenvalue weighted by molar-refractivity contribution is 6.04. The van der Waals surface area contributed by atoms with Crippen LogP contribution in [0.4, 0.5) is 8.78 Å². The molecule has 158 valence electrons. The lowest BCUT2D eigenvalue weighted by Crippen LogP contribution is -2.56. The summed E-state index contributed by atoms with van der Waals surface area (Å²) in [5, 5.41) is 7.58. The van der Waals surface area contributed by atoms with Crippen LogP contribution in [0.1, 0.15) is 43.1 Å². The third-order valence-electron chi connectivity index (χ3n) is 6.30. The maximum Gasteiger partial charge on any atom is 0.252 e. The van der Waals surface area contributed by atoms with Crippen LogP contribution in [0.25, 0.3) is 10.9 Å². The van der Waals surface area contributed by atoms with Crippen LogP contribution in [0, 0.1) is 5.92 Å². The molecule has 30 heavy (non-hydrogen) atoms. The van der Waals surface area contributed by atoms with E-state index in [9.17, 15) is 23.2 Å². The van der Waals surface area contributed by atoms with Crippen molar-refractivity contribution in [3.8, 4) is 0 Å². The van der Waals surface area contributed by atoms with Gasteiger partial charge in [-0.2, -0.15) is 5.10 Å². The van der Waals surface area contributed by atoms with E-state index >= 15 is 0 Å². The summed E-state index contributed by atoms with van der Waals surface area (Å²) in [5.41, 5.74) is 0.839. The van der Waals surface area contributed by atoms with Crippen LogP contribution >= 0.6 is 0 Å². The van der Waals surface area contributed by atoms with Crippen molar-refractivity contribution in [1.82, 2.24) is 25.0 Å². The maximum atomic E-state index is 13.1. The Balaban J connectivity index is 1.34. The number of ketones is 1. The van der Waals surface area contributed by atoms with Gasteiger partial charge in [-0.15, -0.1) is 0 Å². The van der Waals surface area contributed by atoms with Crippen LogP contribution in [0.2, 0.25) is 0 Å². The predicted molar refractivity (Wildman–Crippen MR) is 101 cm³/mol. The molecule has 0 unspecified atom stereocenters. The normalized spacial score (nSPS) is 26.9. The van der Waals surface area contributed by atoms with Gasteiger partial charge in [-0.3, -0.25) is 24.0 Å². The number of likely N-dealkylation sites (tertiary alicyclic amines) is 1. The van der Waals surface area contributed by atoms with E-state index in [2.05, 4.69) is 15.4 Å². The van der Waals surface area contributed by atoms with Gasteiger partial charge in [0.2, 0.25) is 11.8 Å². The average Bonchev–Trinajstić information content (AvgIpc) is 3.16. The number of halogens is 2. The zero-order valence-electron chi connectivity index (χ0n) is 16.3. The Labute approximate surface area is 170 Å². The fraction of sp³-hybridized carbons (Fsp3) is 0.550. The van der Waals surface area contributed by atoms with Gasteiger partial charge in [-0.25, -0.2) is 8.78 Å². The van der Waals surface area contributed by atoms with Gasteiger partial charge in [0.25, 0.3) is 5.92 Å². The van der Waals surface area contributed by atoms with Gasteiger partial charge in [0.15, 0.2) is 5.78 Å². The number of nitrogens with one attached hydrogen (secondary N) is 1. The number of hydrogen-bond acceptors (Lipinski definition) is 5. The summed E-state index contributed by atoms with van der Waals surface area (Å²) in [6.07, 6.45) is 3.79. The Bertz CT molecular complexity index is 1060. The van der Waals surface area contributed by atoms with Crippen LogP contribution in [-0.4, -0.2) is 61.3 Å². The number of pyridine rings is 1. The summed E-state index contributed by atoms with van der Waals surface area (Å²) in [6.45, 7) is 1.29. The van der Waals surface area contributed by atoms with Gasteiger partial charge < -0.3 is 10.2 Å². The maximum absolute atomic E-state index is 13.1. The molecule has 0 spiro atoms. The third kappa shape index (κ3) is 3.14. The molecule has 2 aromatic rings. The van der Waals surface area contributed by atoms with Crippen molar-refractivity contribution in [2.75, 3.05) is 0 Å². The first-order valence-corrected chi connectivity index (χ1v) is 10.0. The van der Waals surface area contributed by atoms with Crippen molar-refractivity contribution < 1.29 is 23.2 Å². The number of amides is 2. The second kappa shape index (κ2) is 6.55. The first kappa shape index (κ1) is 19.1. The summed E-state index contributed by atoms with van der Waals surface area (Å²) in [5.74, 6) is -3.30. The Morgan fingerprint density at radius 3 is 2.73 bits per heavy atom. The number of carbonyl (C=O) groups is 3. The smallest absolute Gasteiger partial charge is 0.252 e.